The first-order chi connectivity index (χ1) is 16.9. The van der Waals surface area contributed by atoms with Gasteiger partial charge in [0.25, 0.3) is 0 Å². The minimum absolute atomic E-state index is 0.0437. The average molecular weight is 473 g/mol. The molecule has 0 fully saturated rings. The number of anilines is 1. The molecule has 8 nitrogen and oxygen atoms in total. The minimum Gasteiger partial charge on any atom is -0.370 e. The number of aldehydes is 1. The van der Waals surface area contributed by atoms with Crippen molar-refractivity contribution >= 4 is 30.1 Å². The molecule has 2 N–H and O–H groups in total. The van der Waals surface area contributed by atoms with Gasteiger partial charge in [-0.3, -0.25) is 10.1 Å². The van der Waals surface area contributed by atoms with Gasteiger partial charge in [-0.15, -0.1) is 0 Å². The number of hydrogen-bond acceptors (Lipinski definition) is 7. The number of carbonyl (C=O) groups excluding carboxylic acids is 1. The summed E-state index contributed by atoms with van der Waals surface area (Å²) in [6, 6.07) is 9.83. The van der Waals surface area contributed by atoms with Crippen LogP contribution in [0.3, 0.4) is 0 Å². The normalized spacial score (nSPS) is 13.5. The lowest BCUT2D eigenvalue weighted by atomic mass is 9.93. The molecule has 0 bridgehead atoms. The van der Waals surface area contributed by atoms with Crippen LogP contribution in [0.1, 0.15) is 43.2 Å². The molecule has 0 atom stereocenters. The standard InChI is InChI=1S/C19H18N4O.C8H14N2O/c1-20-14-19(17-4-2-15(3-5-17)8-11-24)23-9-6-16(7-10-23)18-12-21-22-13-18;1-8(2,3)6-5-7(9-4)10-11-6/h2-7,9,11-14H,1,8,10H2,(H,21,22);5H,1-4H3,(H,9,10)/b19-14-;. The van der Waals surface area contributed by atoms with Gasteiger partial charge in [-0.1, -0.05) is 56.3 Å². The Balaban J connectivity index is 0.000000261. The zero-order valence-electron chi connectivity index (χ0n) is 20.7. The second kappa shape index (κ2) is 11.8. The number of allylic oxidation sites excluding steroid dienone is 2. The molecule has 1 aromatic carbocycles. The van der Waals surface area contributed by atoms with Gasteiger partial charge in [-0.2, -0.15) is 5.10 Å². The fourth-order valence-corrected chi connectivity index (χ4v) is 3.35. The molecule has 0 unspecified atom stereocenters. The minimum atomic E-state index is 0.0437. The zero-order valence-corrected chi connectivity index (χ0v) is 20.7. The number of hydrogen-bond donors (Lipinski definition) is 2. The van der Waals surface area contributed by atoms with Crippen LogP contribution in [0.25, 0.3) is 11.3 Å². The summed E-state index contributed by atoms with van der Waals surface area (Å²) in [6.07, 6.45) is 13.0. The maximum absolute atomic E-state index is 10.6. The van der Waals surface area contributed by atoms with Crippen molar-refractivity contribution in [2.45, 2.75) is 32.6 Å². The SMILES string of the molecule is C=N/C=C(/c1ccc(CC=O)cc1)N1C=CC(c2cn[nH]c2)=CC1.CNc1cc(C(C)(C)C)on1. The van der Waals surface area contributed by atoms with Crippen LogP contribution in [-0.4, -0.2) is 46.9 Å². The van der Waals surface area contributed by atoms with Crippen molar-refractivity contribution in [2.75, 3.05) is 18.9 Å². The third-order valence-electron chi connectivity index (χ3n) is 5.37. The van der Waals surface area contributed by atoms with Crippen LogP contribution in [0.4, 0.5) is 5.82 Å². The molecule has 2 aromatic heterocycles. The summed E-state index contributed by atoms with van der Waals surface area (Å²) in [5, 5.41) is 13.5. The number of H-pyrrole nitrogens is 1. The number of benzene rings is 1. The van der Waals surface area contributed by atoms with Gasteiger partial charge in [-0.05, 0) is 29.5 Å². The predicted molar refractivity (Wildman–Crippen MR) is 141 cm³/mol. The Labute approximate surface area is 206 Å². The first-order valence-corrected chi connectivity index (χ1v) is 11.3. The topological polar surface area (TPSA) is 99.4 Å². The van der Waals surface area contributed by atoms with Crippen molar-refractivity contribution in [3.05, 3.63) is 89.7 Å². The van der Waals surface area contributed by atoms with Gasteiger partial charge in [-0.25, -0.2) is 0 Å². The third kappa shape index (κ3) is 6.89. The molecule has 8 heteroatoms. The molecule has 0 saturated carbocycles. The lowest BCUT2D eigenvalue weighted by molar-refractivity contribution is -0.107. The van der Waals surface area contributed by atoms with Crippen LogP contribution in [0.5, 0.6) is 0 Å². The van der Waals surface area contributed by atoms with Crippen molar-refractivity contribution in [2.24, 2.45) is 4.99 Å². The summed E-state index contributed by atoms with van der Waals surface area (Å²) < 4.78 is 5.11. The maximum Gasteiger partial charge on any atom is 0.169 e. The van der Waals surface area contributed by atoms with Crippen LogP contribution >= 0.6 is 0 Å². The Hall–Kier alpha value is -4.20. The molecule has 0 amide bonds. The second-order valence-corrected chi connectivity index (χ2v) is 8.96. The van der Waals surface area contributed by atoms with E-state index in [0.29, 0.717) is 6.42 Å². The lowest BCUT2D eigenvalue weighted by Crippen LogP contribution is -2.18. The van der Waals surface area contributed by atoms with Gasteiger partial charge in [0.1, 0.15) is 12.0 Å². The third-order valence-corrected chi connectivity index (χ3v) is 5.37. The number of nitrogens with one attached hydrogen (secondary N) is 2. The molecule has 182 valence electrons. The summed E-state index contributed by atoms with van der Waals surface area (Å²) in [6.45, 7) is 10.6. The summed E-state index contributed by atoms with van der Waals surface area (Å²) in [4.78, 5) is 16.6. The van der Waals surface area contributed by atoms with Crippen LogP contribution in [0.2, 0.25) is 0 Å². The van der Waals surface area contributed by atoms with E-state index in [9.17, 15) is 4.79 Å². The highest BCUT2D eigenvalue weighted by Gasteiger charge is 2.19. The van der Waals surface area contributed by atoms with E-state index in [1.807, 2.05) is 55.9 Å². The molecule has 0 aliphatic carbocycles. The number of carbonyl (C=O) groups is 1. The van der Waals surface area contributed by atoms with Crippen molar-refractivity contribution in [3.63, 3.8) is 0 Å². The van der Waals surface area contributed by atoms with Crippen LogP contribution in [-0.2, 0) is 16.6 Å². The van der Waals surface area contributed by atoms with Gasteiger partial charge < -0.3 is 19.5 Å². The number of aromatic amines is 1. The Bertz CT molecular complexity index is 1200. The summed E-state index contributed by atoms with van der Waals surface area (Å²) >= 11 is 0. The number of aliphatic imine (C=N–C) groups is 1. The zero-order chi connectivity index (χ0) is 25.3. The molecule has 35 heavy (non-hydrogen) atoms. The molecule has 3 aromatic rings. The largest absolute Gasteiger partial charge is 0.370 e. The highest BCUT2D eigenvalue weighted by atomic mass is 16.5. The quantitative estimate of drug-likeness (QED) is 0.368. The molecule has 1 aliphatic heterocycles. The van der Waals surface area contributed by atoms with Crippen LogP contribution < -0.4 is 5.32 Å². The first-order valence-electron chi connectivity index (χ1n) is 11.3. The summed E-state index contributed by atoms with van der Waals surface area (Å²) in [7, 11) is 1.82. The molecular weight excluding hydrogens is 440 g/mol. The van der Waals surface area contributed by atoms with Crippen LogP contribution in [0, 0.1) is 0 Å². The van der Waals surface area contributed by atoms with E-state index in [1.165, 1.54) is 0 Å². The van der Waals surface area contributed by atoms with Crippen molar-refractivity contribution in [1.29, 1.82) is 0 Å². The van der Waals surface area contributed by atoms with Crippen molar-refractivity contribution in [1.82, 2.24) is 20.3 Å². The van der Waals surface area contributed by atoms with E-state index >= 15 is 0 Å². The van der Waals surface area contributed by atoms with Gasteiger partial charge in [0, 0.05) is 49.5 Å². The van der Waals surface area contributed by atoms with Crippen molar-refractivity contribution in [3.8, 4) is 0 Å². The van der Waals surface area contributed by atoms with E-state index in [4.69, 9.17) is 4.52 Å². The fourth-order valence-electron chi connectivity index (χ4n) is 3.35. The summed E-state index contributed by atoms with van der Waals surface area (Å²) in [5.41, 5.74) is 5.23. The lowest BCUT2D eigenvalue weighted by Gasteiger charge is -2.25. The summed E-state index contributed by atoms with van der Waals surface area (Å²) in [5.74, 6) is 1.69. The first kappa shape index (κ1) is 25.4. The van der Waals surface area contributed by atoms with Crippen molar-refractivity contribution < 1.29 is 9.32 Å². The number of rotatable bonds is 7. The highest BCUT2D eigenvalue weighted by Crippen LogP contribution is 2.26. The van der Waals surface area contributed by atoms with E-state index < -0.39 is 0 Å². The molecule has 3 heterocycles. The average Bonchev–Trinajstić information content (AvgIpc) is 3.56. The fraction of sp³-hybridized carbons (Fsp3) is 0.259. The van der Waals surface area contributed by atoms with Crippen LogP contribution in [0.15, 0.2) is 76.8 Å². The van der Waals surface area contributed by atoms with Gasteiger partial charge in [0.05, 0.1) is 18.1 Å². The maximum atomic E-state index is 10.6. The Morgan fingerprint density at radius 2 is 2.09 bits per heavy atom. The molecule has 0 radical (unpaired) electrons. The second-order valence-electron chi connectivity index (χ2n) is 8.96. The van der Waals surface area contributed by atoms with E-state index in [2.05, 4.69) is 64.1 Å². The molecule has 0 saturated heterocycles. The Morgan fingerprint density at radius 3 is 2.57 bits per heavy atom. The van der Waals surface area contributed by atoms with Gasteiger partial charge in [0.15, 0.2) is 5.82 Å². The molecule has 1 aliphatic rings. The smallest absolute Gasteiger partial charge is 0.169 e. The molecular formula is C27H32N6O2. The van der Waals surface area contributed by atoms with E-state index in [0.717, 1.165) is 52.4 Å². The monoisotopic (exact) mass is 472 g/mol. The van der Waals surface area contributed by atoms with Gasteiger partial charge in [0.2, 0.25) is 0 Å². The molecule has 0 spiro atoms. The van der Waals surface area contributed by atoms with E-state index in [1.54, 1.807) is 12.4 Å². The van der Waals surface area contributed by atoms with Gasteiger partial charge >= 0.3 is 0 Å². The number of nitrogens with zero attached hydrogens (tertiary/aromatic N) is 4. The van der Waals surface area contributed by atoms with E-state index in [-0.39, 0.29) is 5.41 Å². The Morgan fingerprint density at radius 1 is 1.31 bits per heavy atom. The molecule has 4 rings (SSSR count). The Kier molecular flexibility index (Phi) is 8.56. The highest BCUT2D eigenvalue weighted by molar-refractivity contribution is 5.76. The predicted octanol–water partition coefficient (Wildman–Crippen LogP) is 5.08. The number of aromatic nitrogens is 3.